The van der Waals surface area contributed by atoms with Crippen molar-refractivity contribution in [2.45, 2.75) is 11.8 Å². The van der Waals surface area contributed by atoms with Crippen LogP contribution in [0.1, 0.15) is 5.56 Å². The van der Waals surface area contributed by atoms with E-state index in [9.17, 15) is 8.42 Å². The fraction of sp³-hybridized carbons (Fsp3) is 0.500. The van der Waals surface area contributed by atoms with Crippen LogP contribution in [0.4, 0.5) is 0 Å². The Morgan fingerprint density at radius 1 is 1.32 bits per heavy atom. The van der Waals surface area contributed by atoms with Gasteiger partial charge in [-0.05, 0) is 34.5 Å². The van der Waals surface area contributed by atoms with Crippen molar-refractivity contribution in [3.05, 3.63) is 22.2 Å². The molecule has 1 fully saturated rings. The molecule has 0 saturated carbocycles. The number of ether oxygens (including phenoxy) is 2. The molecule has 1 heterocycles. The van der Waals surface area contributed by atoms with E-state index >= 15 is 0 Å². The van der Waals surface area contributed by atoms with Gasteiger partial charge in [0.1, 0.15) is 5.75 Å². The summed E-state index contributed by atoms with van der Waals surface area (Å²) in [4.78, 5) is 0.287. The highest BCUT2D eigenvalue weighted by Gasteiger charge is 2.28. The summed E-state index contributed by atoms with van der Waals surface area (Å²) in [5.74, 6) is 0.512. The second-order valence-electron chi connectivity index (χ2n) is 4.27. The Balaban J connectivity index is 2.44. The second-order valence-corrected chi connectivity index (χ2v) is 7.03. The molecule has 0 N–H and O–H groups in total. The van der Waals surface area contributed by atoms with Gasteiger partial charge < -0.3 is 9.47 Å². The number of aryl methyl sites for hydroxylation is 1. The lowest BCUT2D eigenvalue weighted by molar-refractivity contribution is 0.0730. The van der Waals surface area contributed by atoms with E-state index in [1.165, 1.54) is 11.4 Å². The first-order valence-corrected chi connectivity index (χ1v) is 8.12. The van der Waals surface area contributed by atoms with Crippen LogP contribution in [-0.4, -0.2) is 46.1 Å². The third-order valence-electron chi connectivity index (χ3n) is 3.04. The van der Waals surface area contributed by atoms with Gasteiger partial charge in [0.05, 0.1) is 29.7 Å². The Morgan fingerprint density at radius 3 is 2.53 bits per heavy atom. The van der Waals surface area contributed by atoms with Gasteiger partial charge in [-0.25, -0.2) is 8.42 Å². The lowest BCUT2D eigenvalue weighted by Gasteiger charge is -2.27. The smallest absolute Gasteiger partial charge is 0.243 e. The molecule has 0 amide bonds. The van der Waals surface area contributed by atoms with Crippen molar-refractivity contribution in [2.24, 2.45) is 0 Å². The van der Waals surface area contributed by atoms with Crippen molar-refractivity contribution in [1.29, 1.82) is 0 Å². The number of benzene rings is 1. The molecule has 106 valence electrons. The molecule has 1 aromatic carbocycles. The summed E-state index contributed by atoms with van der Waals surface area (Å²) in [6, 6.07) is 3.32. The largest absolute Gasteiger partial charge is 0.496 e. The van der Waals surface area contributed by atoms with Crippen LogP contribution in [0.25, 0.3) is 0 Å². The van der Waals surface area contributed by atoms with Gasteiger partial charge in [0.2, 0.25) is 10.0 Å². The SMILES string of the molecule is COc1cc(S(=O)(=O)N2CCOCC2)c(C)cc1Br. The summed E-state index contributed by atoms with van der Waals surface area (Å²) < 4.78 is 37.7. The summed E-state index contributed by atoms with van der Waals surface area (Å²) >= 11 is 3.35. The highest BCUT2D eigenvalue weighted by molar-refractivity contribution is 9.10. The molecular formula is C12H16BrNO4S. The normalized spacial score (nSPS) is 17.4. The maximum Gasteiger partial charge on any atom is 0.243 e. The summed E-state index contributed by atoms with van der Waals surface area (Å²) in [5.41, 5.74) is 0.694. The number of nitrogens with zero attached hydrogens (tertiary/aromatic N) is 1. The molecule has 0 bridgehead atoms. The fourth-order valence-electron chi connectivity index (χ4n) is 1.99. The summed E-state index contributed by atoms with van der Waals surface area (Å²) in [7, 11) is -1.98. The maximum absolute atomic E-state index is 12.6. The van der Waals surface area contributed by atoms with Crippen molar-refractivity contribution in [2.75, 3.05) is 33.4 Å². The number of hydrogen-bond acceptors (Lipinski definition) is 4. The van der Waals surface area contributed by atoms with Crippen LogP contribution in [0.2, 0.25) is 0 Å². The van der Waals surface area contributed by atoms with Crippen molar-refractivity contribution >= 4 is 26.0 Å². The van der Waals surface area contributed by atoms with Crippen LogP contribution < -0.4 is 4.74 Å². The minimum Gasteiger partial charge on any atom is -0.496 e. The van der Waals surface area contributed by atoms with E-state index in [2.05, 4.69) is 15.9 Å². The third kappa shape index (κ3) is 2.94. The number of morpholine rings is 1. The van der Waals surface area contributed by atoms with Gasteiger partial charge in [0.25, 0.3) is 0 Å². The van der Waals surface area contributed by atoms with Crippen molar-refractivity contribution in [1.82, 2.24) is 4.31 Å². The van der Waals surface area contributed by atoms with Crippen molar-refractivity contribution in [3.63, 3.8) is 0 Å². The van der Waals surface area contributed by atoms with Crippen LogP contribution >= 0.6 is 15.9 Å². The number of methoxy groups -OCH3 is 1. The molecule has 0 radical (unpaired) electrons. The Hall–Kier alpha value is -0.630. The Kier molecular flexibility index (Phi) is 4.50. The average molecular weight is 350 g/mol. The van der Waals surface area contributed by atoms with E-state index in [1.54, 1.807) is 19.1 Å². The molecular weight excluding hydrogens is 334 g/mol. The van der Waals surface area contributed by atoms with E-state index in [0.717, 1.165) is 4.47 Å². The van der Waals surface area contributed by atoms with E-state index in [1.807, 2.05) is 0 Å². The molecule has 0 aromatic heterocycles. The number of hydrogen-bond donors (Lipinski definition) is 0. The van der Waals surface area contributed by atoms with Crippen molar-refractivity contribution in [3.8, 4) is 5.75 Å². The van der Waals surface area contributed by atoms with Gasteiger partial charge in [-0.1, -0.05) is 0 Å². The molecule has 1 aliphatic rings. The van der Waals surface area contributed by atoms with Crippen LogP contribution in [0.3, 0.4) is 0 Å². The molecule has 2 rings (SSSR count). The van der Waals surface area contributed by atoms with Gasteiger partial charge in [-0.3, -0.25) is 0 Å². The number of rotatable bonds is 3. The lowest BCUT2D eigenvalue weighted by atomic mass is 10.2. The standard InChI is InChI=1S/C12H16BrNO4S/c1-9-7-10(13)11(17-2)8-12(9)19(15,16)14-3-5-18-6-4-14/h7-8H,3-6H2,1-2H3. The summed E-state index contributed by atoms with van der Waals surface area (Å²) in [5, 5.41) is 0. The zero-order valence-electron chi connectivity index (χ0n) is 10.8. The lowest BCUT2D eigenvalue weighted by Crippen LogP contribution is -2.40. The molecule has 1 saturated heterocycles. The Bertz CT molecular complexity index is 567. The predicted octanol–water partition coefficient (Wildman–Crippen LogP) is 1.79. The molecule has 19 heavy (non-hydrogen) atoms. The minimum absolute atomic E-state index is 0.287. The first-order chi connectivity index (χ1) is 8.96. The van der Waals surface area contributed by atoms with Crippen LogP contribution in [0.5, 0.6) is 5.75 Å². The first kappa shape index (κ1) is 14.8. The van der Waals surface area contributed by atoms with Gasteiger partial charge in [-0.15, -0.1) is 0 Å². The van der Waals surface area contributed by atoms with E-state index in [4.69, 9.17) is 9.47 Å². The predicted molar refractivity (Wildman–Crippen MR) is 75.0 cm³/mol. The molecule has 0 unspecified atom stereocenters. The van der Waals surface area contributed by atoms with E-state index in [0.29, 0.717) is 37.6 Å². The number of halogens is 1. The topological polar surface area (TPSA) is 55.8 Å². The highest BCUT2D eigenvalue weighted by Crippen LogP contribution is 2.32. The molecule has 1 aromatic rings. The maximum atomic E-state index is 12.6. The zero-order chi connectivity index (χ0) is 14.0. The van der Waals surface area contributed by atoms with Gasteiger partial charge in [0.15, 0.2) is 0 Å². The quantitative estimate of drug-likeness (QED) is 0.834. The van der Waals surface area contributed by atoms with Crippen LogP contribution in [0.15, 0.2) is 21.5 Å². The van der Waals surface area contributed by atoms with Gasteiger partial charge >= 0.3 is 0 Å². The monoisotopic (exact) mass is 349 g/mol. The summed E-state index contributed by atoms with van der Waals surface area (Å²) in [6.07, 6.45) is 0. The highest BCUT2D eigenvalue weighted by atomic mass is 79.9. The van der Waals surface area contributed by atoms with E-state index < -0.39 is 10.0 Å². The minimum atomic E-state index is -3.49. The van der Waals surface area contributed by atoms with Gasteiger partial charge in [-0.2, -0.15) is 4.31 Å². The number of sulfonamides is 1. The average Bonchev–Trinajstić information content (AvgIpc) is 2.39. The summed E-state index contributed by atoms with van der Waals surface area (Å²) in [6.45, 7) is 3.43. The van der Waals surface area contributed by atoms with Crippen LogP contribution in [0, 0.1) is 6.92 Å². The van der Waals surface area contributed by atoms with Crippen LogP contribution in [-0.2, 0) is 14.8 Å². The van der Waals surface area contributed by atoms with E-state index in [-0.39, 0.29) is 4.90 Å². The first-order valence-electron chi connectivity index (χ1n) is 5.89. The fourth-order valence-corrected chi connectivity index (χ4v) is 4.24. The second kappa shape index (κ2) is 5.78. The molecule has 0 atom stereocenters. The molecule has 5 nitrogen and oxygen atoms in total. The zero-order valence-corrected chi connectivity index (χ0v) is 13.3. The Morgan fingerprint density at radius 2 is 1.95 bits per heavy atom. The molecule has 1 aliphatic heterocycles. The van der Waals surface area contributed by atoms with Gasteiger partial charge in [0, 0.05) is 19.2 Å². The Labute approximate surface area is 121 Å². The molecule has 7 heteroatoms. The third-order valence-corrected chi connectivity index (χ3v) is 5.70. The molecule has 0 spiro atoms. The van der Waals surface area contributed by atoms with Crippen molar-refractivity contribution < 1.29 is 17.9 Å². The molecule has 0 aliphatic carbocycles.